The van der Waals surface area contributed by atoms with Crippen molar-refractivity contribution in [2.45, 2.75) is 25.5 Å². The van der Waals surface area contributed by atoms with Crippen molar-refractivity contribution < 1.29 is 4.79 Å². The molecule has 0 atom stereocenters. The van der Waals surface area contributed by atoms with Gasteiger partial charge in [-0.2, -0.15) is 5.10 Å². The van der Waals surface area contributed by atoms with E-state index < -0.39 is 0 Å². The fourth-order valence-electron chi connectivity index (χ4n) is 3.15. The molecule has 4 aromatic rings. The minimum Gasteiger partial charge on any atom is -0.325 e. The molecule has 0 unspecified atom stereocenters. The van der Waals surface area contributed by atoms with Gasteiger partial charge in [0.2, 0.25) is 5.91 Å². The molecule has 0 fully saturated rings. The number of carbonyl (C=O) groups excluding carboxylic acids is 1. The minimum atomic E-state index is -0.0611. The number of rotatable bonds is 6. The van der Waals surface area contributed by atoms with Crippen LogP contribution in [0.2, 0.25) is 0 Å². The summed E-state index contributed by atoms with van der Waals surface area (Å²) in [6.07, 6.45) is 1.76. The fraction of sp³-hybridized carbons (Fsp3) is 0.190. The van der Waals surface area contributed by atoms with Gasteiger partial charge in [0.05, 0.1) is 22.5 Å². The number of hydrogen-bond acceptors (Lipinski definition) is 4. The lowest BCUT2D eigenvalue weighted by atomic mass is 10.2. The van der Waals surface area contributed by atoms with Gasteiger partial charge in [0.1, 0.15) is 0 Å². The standard InChI is InChI=1S/C21H21N5OS/c1-3-25-19-10-5-4-9-18(19)24-21(25)28-14-20(27)23-16-7-6-8-17(13-16)26-15(2)11-12-22-26/h4-13H,3,14H2,1-2H3,(H,23,27). The molecule has 142 valence electrons. The van der Waals surface area contributed by atoms with Crippen LogP contribution < -0.4 is 5.32 Å². The van der Waals surface area contributed by atoms with E-state index in [4.69, 9.17) is 0 Å². The smallest absolute Gasteiger partial charge is 0.234 e. The number of fused-ring (bicyclic) bond motifs is 1. The second kappa shape index (κ2) is 7.90. The highest BCUT2D eigenvalue weighted by Gasteiger charge is 2.12. The molecule has 0 bridgehead atoms. The zero-order valence-corrected chi connectivity index (χ0v) is 16.6. The van der Waals surface area contributed by atoms with Crippen LogP contribution in [-0.2, 0) is 11.3 Å². The number of nitrogens with one attached hydrogen (secondary N) is 1. The number of para-hydroxylation sites is 2. The number of hydrogen-bond donors (Lipinski definition) is 1. The lowest BCUT2D eigenvalue weighted by Gasteiger charge is -2.09. The molecule has 0 radical (unpaired) electrons. The third-order valence-corrected chi connectivity index (χ3v) is 5.45. The first-order chi connectivity index (χ1) is 13.7. The summed E-state index contributed by atoms with van der Waals surface area (Å²) >= 11 is 1.45. The molecule has 1 N–H and O–H groups in total. The summed E-state index contributed by atoms with van der Waals surface area (Å²) in [6, 6.07) is 17.7. The zero-order valence-electron chi connectivity index (χ0n) is 15.8. The van der Waals surface area contributed by atoms with Crippen molar-refractivity contribution in [1.82, 2.24) is 19.3 Å². The third kappa shape index (κ3) is 3.66. The molecule has 6 nitrogen and oxygen atoms in total. The van der Waals surface area contributed by atoms with Crippen LogP contribution in [0.5, 0.6) is 0 Å². The van der Waals surface area contributed by atoms with Crippen LogP contribution in [0.3, 0.4) is 0 Å². The van der Waals surface area contributed by atoms with Gasteiger partial charge in [-0.1, -0.05) is 30.0 Å². The maximum Gasteiger partial charge on any atom is 0.234 e. The van der Waals surface area contributed by atoms with Gasteiger partial charge in [-0.25, -0.2) is 9.67 Å². The van der Waals surface area contributed by atoms with Gasteiger partial charge in [0, 0.05) is 24.1 Å². The highest BCUT2D eigenvalue weighted by molar-refractivity contribution is 7.99. The summed E-state index contributed by atoms with van der Waals surface area (Å²) in [5.74, 6) is 0.239. The number of aromatic nitrogens is 4. The van der Waals surface area contributed by atoms with Crippen molar-refractivity contribution in [3.05, 3.63) is 66.5 Å². The lowest BCUT2D eigenvalue weighted by molar-refractivity contribution is -0.113. The van der Waals surface area contributed by atoms with Gasteiger partial charge in [-0.05, 0) is 50.2 Å². The molecule has 0 saturated heterocycles. The van der Waals surface area contributed by atoms with Crippen LogP contribution in [-0.4, -0.2) is 31.0 Å². The molecule has 2 aromatic heterocycles. The van der Waals surface area contributed by atoms with E-state index in [1.165, 1.54) is 11.8 Å². The zero-order chi connectivity index (χ0) is 19.5. The summed E-state index contributed by atoms with van der Waals surface area (Å²) in [6.45, 7) is 4.89. The summed E-state index contributed by atoms with van der Waals surface area (Å²) in [7, 11) is 0. The molecule has 7 heteroatoms. The second-order valence-corrected chi connectivity index (χ2v) is 7.34. The van der Waals surface area contributed by atoms with E-state index in [1.54, 1.807) is 6.20 Å². The Bertz CT molecular complexity index is 1130. The van der Waals surface area contributed by atoms with Crippen molar-refractivity contribution in [1.29, 1.82) is 0 Å². The number of anilines is 1. The average molecular weight is 392 g/mol. The van der Waals surface area contributed by atoms with E-state index in [1.807, 2.05) is 60.1 Å². The first-order valence-electron chi connectivity index (χ1n) is 9.14. The summed E-state index contributed by atoms with van der Waals surface area (Å²) in [5, 5.41) is 8.14. The lowest BCUT2D eigenvalue weighted by Crippen LogP contribution is -2.15. The van der Waals surface area contributed by atoms with Crippen molar-refractivity contribution in [3.63, 3.8) is 0 Å². The van der Waals surface area contributed by atoms with Gasteiger partial charge >= 0.3 is 0 Å². The Labute approximate surface area is 167 Å². The predicted octanol–water partition coefficient (Wildman–Crippen LogP) is 4.28. The molecule has 1 amide bonds. The van der Waals surface area contributed by atoms with Crippen LogP contribution in [0.1, 0.15) is 12.6 Å². The number of carbonyl (C=O) groups is 1. The summed E-state index contributed by atoms with van der Waals surface area (Å²) in [4.78, 5) is 17.1. The minimum absolute atomic E-state index is 0.0611. The highest BCUT2D eigenvalue weighted by Crippen LogP contribution is 2.24. The van der Waals surface area contributed by atoms with Gasteiger partial charge in [-0.15, -0.1) is 0 Å². The molecule has 0 aliphatic heterocycles. The monoisotopic (exact) mass is 391 g/mol. The summed E-state index contributed by atoms with van der Waals surface area (Å²) < 4.78 is 3.97. The maximum atomic E-state index is 12.5. The van der Waals surface area contributed by atoms with E-state index in [9.17, 15) is 4.79 Å². The van der Waals surface area contributed by atoms with Crippen LogP contribution in [0, 0.1) is 6.92 Å². The molecule has 4 rings (SSSR count). The van der Waals surface area contributed by atoms with Crippen molar-refractivity contribution in [2.75, 3.05) is 11.1 Å². The van der Waals surface area contributed by atoms with E-state index in [0.717, 1.165) is 39.8 Å². The second-order valence-electron chi connectivity index (χ2n) is 6.40. The Morgan fingerprint density at radius 1 is 1.14 bits per heavy atom. The Morgan fingerprint density at radius 2 is 2.00 bits per heavy atom. The Morgan fingerprint density at radius 3 is 2.79 bits per heavy atom. The number of imidazole rings is 1. The van der Waals surface area contributed by atoms with E-state index in [0.29, 0.717) is 5.75 Å². The molecule has 28 heavy (non-hydrogen) atoms. The number of amides is 1. The van der Waals surface area contributed by atoms with Crippen LogP contribution >= 0.6 is 11.8 Å². The highest BCUT2D eigenvalue weighted by atomic mass is 32.2. The van der Waals surface area contributed by atoms with Gasteiger partial charge in [0.15, 0.2) is 5.16 Å². The van der Waals surface area contributed by atoms with Crippen LogP contribution in [0.4, 0.5) is 5.69 Å². The topological polar surface area (TPSA) is 64.7 Å². The fourth-order valence-corrected chi connectivity index (χ4v) is 4.03. The molecule has 2 heterocycles. The van der Waals surface area contributed by atoms with Gasteiger partial charge in [-0.3, -0.25) is 4.79 Å². The van der Waals surface area contributed by atoms with E-state index >= 15 is 0 Å². The molecule has 0 aliphatic rings. The normalized spacial score (nSPS) is 11.1. The van der Waals surface area contributed by atoms with Crippen molar-refractivity contribution in [3.8, 4) is 5.69 Å². The van der Waals surface area contributed by atoms with Gasteiger partial charge in [0.25, 0.3) is 0 Å². The maximum absolute atomic E-state index is 12.5. The van der Waals surface area contributed by atoms with E-state index in [-0.39, 0.29) is 5.91 Å². The Hall–Kier alpha value is -3.06. The number of aryl methyl sites for hydroxylation is 2. The first kappa shape index (κ1) is 18.3. The quantitative estimate of drug-likeness (QED) is 0.498. The van der Waals surface area contributed by atoms with Crippen molar-refractivity contribution in [2.24, 2.45) is 0 Å². The predicted molar refractivity (Wildman–Crippen MR) is 113 cm³/mol. The van der Waals surface area contributed by atoms with Crippen molar-refractivity contribution >= 4 is 34.4 Å². The molecule has 0 saturated carbocycles. The molecular formula is C21H21N5OS. The Balaban J connectivity index is 1.45. The van der Waals surface area contributed by atoms with E-state index in [2.05, 4.69) is 33.0 Å². The molecule has 0 spiro atoms. The number of thioether (sulfide) groups is 1. The number of benzene rings is 2. The van der Waals surface area contributed by atoms with Crippen LogP contribution in [0.15, 0.2) is 66.0 Å². The SMILES string of the molecule is CCn1c(SCC(=O)Nc2cccc(-n3nccc3C)c2)nc2ccccc21. The van der Waals surface area contributed by atoms with Gasteiger partial charge < -0.3 is 9.88 Å². The third-order valence-electron chi connectivity index (χ3n) is 4.47. The average Bonchev–Trinajstić information content (AvgIpc) is 3.29. The first-order valence-corrected chi connectivity index (χ1v) is 10.1. The molecular weight excluding hydrogens is 370 g/mol. The van der Waals surface area contributed by atoms with Crippen LogP contribution in [0.25, 0.3) is 16.7 Å². The molecule has 0 aliphatic carbocycles. The summed E-state index contributed by atoms with van der Waals surface area (Å²) in [5.41, 5.74) is 4.75. The molecule has 2 aromatic carbocycles. The number of nitrogens with zero attached hydrogens (tertiary/aromatic N) is 4. The largest absolute Gasteiger partial charge is 0.325 e. The Kier molecular flexibility index (Phi) is 5.16.